The fraction of sp³-hybridized carbons (Fsp3) is 0.417. The summed E-state index contributed by atoms with van der Waals surface area (Å²) in [7, 11) is 0. The number of imidazole rings is 1. The standard InChI is InChI=1S/C12H16N4O3/c1-7(5-8(2)17)13-12-14-10-4-3-9(16(18)19)6-11(10)15-12/h3-4,6-8,17H,5H2,1-2H3,(H2,13,14,15). The Kier molecular flexibility index (Phi) is 3.66. The minimum atomic E-state index is -0.441. The highest BCUT2D eigenvalue weighted by Crippen LogP contribution is 2.21. The van der Waals surface area contributed by atoms with E-state index in [9.17, 15) is 15.2 Å². The first-order chi connectivity index (χ1) is 8.95. The van der Waals surface area contributed by atoms with E-state index >= 15 is 0 Å². The van der Waals surface area contributed by atoms with E-state index in [1.165, 1.54) is 12.1 Å². The zero-order chi connectivity index (χ0) is 14.0. The van der Waals surface area contributed by atoms with Crippen LogP contribution in [0.25, 0.3) is 11.0 Å². The second-order valence-electron chi connectivity index (χ2n) is 4.67. The van der Waals surface area contributed by atoms with Crippen LogP contribution in [0.4, 0.5) is 11.6 Å². The molecule has 7 heteroatoms. The van der Waals surface area contributed by atoms with E-state index in [1.54, 1.807) is 13.0 Å². The highest BCUT2D eigenvalue weighted by Gasteiger charge is 2.11. The number of nitro groups is 1. The van der Waals surface area contributed by atoms with E-state index < -0.39 is 11.0 Å². The summed E-state index contributed by atoms with van der Waals surface area (Å²) in [5.74, 6) is 0.545. The number of rotatable bonds is 5. The number of aliphatic hydroxyl groups is 1. The van der Waals surface area contributed by atoms with Crippen molar-refractivity contribution in [2.24, 2.45) is 0 Å². The third-order valence-corrected chi connectivity index (χ3v) is 2.75. The summed E-state index contributed by atoms with van der Waals surface area (Å²) in [6, 6.07) is 4.53. The van der Waals surface area contributed by atoms with E-state index in [1.807, 2.05) is 6.92 Å². The SMILES string of the molecule is CC(O)CC(C)Nc1nc2ccc([N+](=O)[O-])cc2[nH]1. The van der Waals surface area contributed by atoms with Crippen LogP contribution in [0.2, 0.25) is 0 Å². The molecule has 0 aliphatic rings. The zero-order valence-electron chi connectivity index (χ0n) is 10.8. The van der Waals surface area contributed by atoms with Gasteiger partial charge in [-0.2, -0.15) is 0 Å². The molecule has 0 saturated carbocycles. The highest BCUT2D eigenvalue weighted by molar-refractivity contribution is 5.79. The molecule has 0 amide bonds. The molecule has 7 nitrogen and oxygen atoms in total. The first kappa shape index (κ1) is 13.3. The Morgan fingerprint density at radius 2 is 2.26 bits per heavy atom. The molecule has 0 spiro atoms. The molecular formula is C12H16N4O3. The largest absolute Gasteiger partial charge is 0.393 e. The quantitative estimate of drug-likeness (QED) is 0.566. The third-order valence-electron chi connectivity index (χ3n) is 2.75. The molecule has 2 atom stereocenters. The summed E-state index contributed by atoms with van der Waals surface area (Å²) in [6.45, 7) is 3.66. The summed E-state index contributed by atoms with van der Waals surface area (Å²) >= 11 is 0. The van der Waals surface area contributed by atoms with Gasteiger partial charge in [-0.1, -0.05) is 0 Å². The van der Waals surface area contributed by atoms with Gasteiger partial charge in [0.2, 0.25) is 5.95 Å². The molecule has 102 valence electrons. The van der Waals surface area contributed by atoms with Crippen molar-refractivity contribution in [3.8, 4) is 0 Å². The van der Waals surface area contributed by atoms with Crippen LogP contribution < -0.4 is 5.32 Å². The molecule has 2 unspecified atom stereocenters. The molecule has 0 aliphatic carbocycles. The lowest BCUT2D eigenvalue weighted by atomic mass is 10.2. The van der Waals surface area contributed by atoms with Crippen molar-refractivity contribution in [1.82, 2.24) is 9.97 Å². The number of non-ortho nitro benzene ring substituents is 1. The predicted octanol–water partition coefficient (Wildman–Crippen LogP) is 2.04. The van der Waals surface area contributed by atoms with Gasteiger partial charge in [-0.25, -0.2) is 4.98 Å². The van der Waals surface area contributed by atoms with Gasteiger partial charge in [0.15, 0.2) is 0 Å². The summed E-state index contributed by atoms with van der Waals surface area (Å²) in [5.41, 5.74) is 1.30. The summed E-state index contributed by atoms with van der Waals surface area (Å²) in [6.07, 6.45) is 0.199. The van der Waals surface area contributed by atoms with Crippen molar-refractivity contribution in [2.75, 3.05) is 5.32 Å². The fourth-order valence-corrected chi connectivity index (χ4v) is 1.98. The Bertz CT molecular complexity index is 594. The first-order valence-electron chi connectivity index (χ1n) is 6.04. The number of fused-ring (bicyclic) bond motifs is 1. The maximum Gasteiger partial charge on any atom is 0.271 e. The van der Waals surface area contributed by atoms with Crippen molar-refractivity contribution in [2.45, 2.75) is 32.4 Å². The molecule has 0 saturated heterocycles. The number of aliphatic hydroxyl groups excluding tert-OH is 1. The summed E-state index contributed by atoms with van der Waals surface area (Å²) in [4.78, 5) is 17.5. The predicted molar refractivity (Wildman–Crippen MR) is 72.1 cm³/mol. The maximum absolute atomic E-state index is 10.7. The Hall–Kier alpha value is -2.15. The minimum Gasteiger partial charge on any atom is -0.393 e. The smallest absolute Gasteiger partial charge is 0.271 e. The number of hydrogen-bond acceptors (Lipinski definition) is 5. The number of anilines is 1. The van der Waals surface area contributed by atoms with Crippen LogP contribution in [0.1, 0.15) is 20.3 Å². The molecule has 0 fully saturated rings. The monoisotopic (exact) mass is 264 g/mol. The summed E-state index contributed by atoms with van der Waals surface area (Å²) in [5, 5.41) is 23.1. The average Bonchev–Trinajstić information content (AvgIpc) is 2.68. The van der Waals surface area contributed by atoms with E-state index in [0.717, 1.165) is 0 Å². The number of aromatic amines is 1. The van der Waals surface area contributed by atoms with Crippen LogP contribution >= 0.6 is 0 Å². The second kappa shape index (κ2) is 5.23. The zero-order valence-corrected chi connectivity index (χ0v) is 10.8. The number of nitro benzene ring substituents is 1. The van der Waals surface area contributed by atoms with Gasteiger partial charge >= 0.3 is 0 Å². The molecule has 0 aliphatic heterocycles. The molecule has 2 aromatic rings. The molecule has 0 radical (unpaired) electrons. The summed E-state index contributed by atoms with van der Waals surface area (Å²) < 4.78 is 0. The lowest BCUT2D eigenvalue weighted by Crippen LogP contribution is -2.21. The van der Waals surface area contributed by atoms with Gasteiger partial charge in [0.05, 0.1) is 22.1 Å². The maximum atomic E-state index is 10.7. The van der Waals surface area contributed by atoms with Gasteiger partial charge < -0.3 is 15.4 Å². The van der Waals surface area contributed by atoms with Crippen LogP contribution in [-0.4, -0.2) is 32.1 Å². The van der Waals surface area contributed by atoms with Gasteiger partial charge in [0, 0.05) is 18.2 Å². The number of nitrogens with one attached hydrogen (secondary N) is 2. The van der Waals surface area contributed by atoms with Crippen molar-refractivity contribution in [3.63, 3.8) is 0 Å². The lowest BCUT2D eigenvalue weighted by molar-refractivity contribution is -0.384. The number of H-pyrrole nitrogens is 1. The highest BCUT2D eigenvalue weighted by atomic mass is 16.6. The van der Waals surface area contributed by atoms with E-state index in [2.05, 4.69) is 15.3 Å². The lowest BCUT2D eigenvalue weighted by Gasteiger charge is -2.14. The van der Waals surface area contributed by atoms with Gasteiger partial charge in [0.25, 0.3) is 5.69 Å². The Morgan fingerprint density at radius 1 is 1.53 bits per heavy atom. The number of benzene rings is 1. The number of nitrogens with zero attached hydrogens (tertiary/aromatic N) is 2. The van der Waals surface area contributed by atoms with Crippen molar-refractivity contribution in [3.05, 3.63) is 28.3 Å². The van der Waals surface area contributed by atoms with Gasteiger partial charge in [-0.3, -0.25) is 10.1 Å². The topological polar surface area (TPSA) is 104 Å². The second-order valence-corrected chi connectivity index (χ2v) is 4.67. The first-order valence-corrected chi connectivity index (χ1v) is 6.04. The Morgan fingerprint density at radius 3 is 2.89 bits per heavy atom. The molecule has 1 heterocycles. The van der Waals surface area contributed by atoms with Crippen molar-refractivity contribution >= 4 is 22.7 Å². The van der Waals surface area contributed by atoms with Crippen LogP contribution in [0.3, 0.4) is 0 Å². The minimum absolute atomic E-state index is 0.0275. The third kappa shape index (κ3) is 3.19. The van der Waals surface area contributed by atoms with E-state index in [4.69, 9.17) is 0 Å². The fourth-order valence-electron chi connectivity index (χ4n) is 1.98. The normalized spacial score (nSPS) is 14.3. The molecular weight excluding hydrogens is 248 g/mol. The van der Waals surface area contributed by atoms with Gasteiger partial charge in [-0.15, -0.1) is 0 Å². The Labute approximate surface area is 109 Å². The molecule has 1 aromatic heterocycles. The van der Waals surface area contributed by atoms with E-state index in [0.29, 0.717) is 23.4 Å². The Balaban J connectivity index is 2.19. The van der Waals surface area contributed by atoms with Crippen molar-refractivity contribution < 1.29 is 10.0 Å². The number of hydrogen-bond donors (Lipinski definition) is 3. The average molecular weight is 264 g/mol. The van der Waals surface area contributed by atoms with Crippen LogP contribution in [0.15, 0.2) is 18.2 Å². The molecule has 3 N–H and O–H groups in total. The van der Waals surface area contributed by atoms with Gasteiger partial charge in [0.1, 0.15) is 0 Å². The van der Waals surface area contributed by atoms with Crippen molar-refractivity contribution in [1.29, 1.82) is 0 Å². The number of aromatic nitrogens is 2. The molecule has 0 bridgehead atoms. The van der Waals surface area contributed by atoms with Gasteiger partial charge in [-0.05, 0) is 26.3 Å². The van der Waals surface area contributed by atoms with Crippen LogP contribution in [0, 0.1) is 10.1 Å². The van der Waals surface area contributed by atoms with E-state index in [-0.39, 0.29) is 11.7 Å². The van der Waals surface area contributed by atoms with Crippen LogP contribution in [-0.2, 0) is 0 Å². The molecule has 1 aromatic carbocycles. The van der Waals surface area contributed by atoms with Crippen LogP contribution in [0.5, 0.6) is 0 Å². The molecule has 19 heavy (non-hydrogen) atoms. The molecule has 2 rings (SSSR count).